The molecule has 1 fully saturated rings. The normalized spacial score (nSPS) is 21.2. The summed E-state index contributed by atoms with van der Waals surface area (Å²) >= 11 is 0. The number of benzene rings is 1. The van der Waals surface area contributed by atoms with Crippen LogP contribution in [-0.4, -0.2) is 54.9 Å². The molecule has 134 valence electrons. The van der Waals surface area contributed by atoms with E-state index in [-0.39, 0.29) is 18.5 Å². The van der Waals surface area contributed by atoms with Gasteiger partial charge in [-0.25, -0.2) is 0 Å². The number of piperidine rings is 1. The second-order valence-electron chi connectivity index (χ2n) is 6.55. The van der Waals surface area contributed by atoms with Gasteiger partial charge in [-0.2, -0.15) is 0 Å². The average Bonchev–Trinajstić information content (AvgIpc) is 2.57. The molecule has 6 nitrogen and oxygen atoms in total. The van der Waals surface area contributed by atoms with Crippen molar-refractivity contribution in [2.45, 2.75) is 44.9 Å². The number of nitrogens with zero attached hydrogens (tertiary/aromatic N) is 1. The van der Waals surface area contributed by atoms with Gasteiger partial charge in [-0.05, 0) is 18.9 Å². The first kappa shape index (κ1) is 18.5. The van der Waals surface area contributed by atoms with Crippen molar-refractivity contribution >= 4 is 5.91 Å². The number of methoxy groups -OCH3 is 2. The monoisotopic (exact) mass is 336 g/mol. The van der Waals surface area contributed by atoms with Crippen LogP contribution in [0.2, 0.25) is 0 Å². The first-order chi connectivity index (χ1) is 11.4. The Bertz CT molecular complexity index is 576. The molecule has 0 aromatic heterocycles. The molecule has 0 spiro atoms. The Morgan fingerprint density at radius 2 is 2.08 bits per heavy atom. The molecule has 1 aromatic carbocycles. The minimum atomic E-state index is -1.34. The largest absolute Gasteiger partial charge is 0.493 e. The minimum Gasteiger partial charge on any atom is -0.493 e. The van der Waals surface area contributed by atoms with Crippen molar-refractivity contribution in [3.8, 4) is 11.5 Å². The van der Waals surface area contributed by atoms with E-state index in [1.54, 1.807) is 19.1 Å². The summed E-state index contributed by atoms with van der Waals surface area (Å²) in [5, 5.41) is 13.9. The van der Waals surface area contributed by atoms with E-state index in [0.717, 1.165) is 12.0 Å². The van der Waals surface area contributed by atoms with Gasteiger partial charge in [0.05, 0.1) is 14.2 Å². The van der Waals surface area contributed by atoms with Crippen LogP contribution in [0.5, 0.6) is 11.5 Å². The third kappa shape index (κ3) is 3.99. The van der Waals surface area contributed by atoms with Gasteiger partial charge in [0.15, 0.2) is 17.1 Å². The van der Waals surface area contributed by atoms with Gasteiger partial charge in [0.25, 0.3) is 5.91 Å². The number of aliphatic hydroxyl groups is 1. The second kappa shape index (κ2) is 7.85. The average molecular weight is 336 g/mol. The van der Waals surface area contributed by atoms with Crippen molar-refractivity contribution in [3.05, 3.63) is 23.8 Å². The van der Waals surface area contributed by atoms with Gasteiger partial charge >= 0.3 is 0 Å². The fourth-order valence-corrected chi connectivity index (χ4v) is 3.04. The molecule has 1 amide bonds. The summed E-state index contributed by atoms with van der Waals surface area (Å²) in [4.78, 5) is 14.5. The summed E-state index contributed by atoms with van der Waals surface area (Å²) in [6.07, 6.45) is 1.26. The molecule has 0 saturated carbocycles. The number of para-hydroxylation sites is 1. The molecule has 0 radical (unpaired) electrons. The third-order valence-electron chi connectivity index (χ3n) is 4.35. The lowest BCUT2D eigenvalue weighted by Crippen LogP contribution is -2.58. The topological polar surface area (TPSA) is 71.0 Å². The Kier molecular flexibility index (Phi) is 6.07. The molecule has 1 unspecified atom stereocenters. The van der Waals surface area contributed by atoms with Gasteiger partial charge < -0.3 is 24.8 Å². The van der Waals surface area contributed by atoms with E-state index in [1.165, 1.54) is 0 Å². The Morgan fingerprint density at radius 3 is 2.71 bits per heavy atom. The van der Waals surface area contributed by atoms with Crippen LogP contribution in [0.25, 0.3) is 0 Å². The Morgan fingerprint density at radius 1 is 1.33 bits per heavy atom. The quantitative estimate of drug-likeness (QED) is 0.791. The van der Waals surface area contributed by atoms with Crippen molar-refractivity contribution < 1.29 is 19.4 Å². The number of carbonyl (C=O) groups is 1. The number of ether oxygens (including phenoxy) is 2. The molecule has 24 heavy (non-hydrogen) atoms. The molecule has 1 heterocycles. The lowest BCUT2D eigenvalue weighted by molar-refractivity contribution is -0.157. The highest BCUT2D eigenvalue weighted by molar-refractivity contribution is 5.86. The molecule has 1 saturated heterocycles. The highest BCUT2D eigenvalue weighted by Crippen LogP contribution is 2.33. The van der Waals surface area contributed by atoms with Crippen LogP contribution in [0.4, 0.5) is 0 Å². The molecule has 0 aliphatic carbocycles. The van der Waals surface area contributed by atoms with Gasteiger partial charge in [-0.3, -0.25) is 4.79 Å². The van der Waals surface area contributed by atoms with Crippen molar-refractivity contribution in [1.82, 2.24) is 10.2 Å². The Hall–Kier alpha value is -1.79. The van der Waals surface area contributed by atoms with Crippen LogP contribution in [0.1, 0.15) is 32.3 Å². The van der Waals surface area contributed by atoms with E-state index < -0.39 is 5.60 Å². The number of amides is 1. The SMILES string of the molecule is COc1cccc(CN2CCCC(O)(CNC(C)C)C2=O)c1OC. The van der Waals surface area contributed by atoms with Crippen LogP contribution in [0, 0.1) is 0 Å². The van der Waals surface area contributed by atoms with E-state index in [1.807, 2.05) is 32.0 Å². The first-order valence-corrected chi connectivity index (χ1v) is 8.36. The smallest absolute Gasteiger partial charge is 0.256 e. The summed E-state index contributed by atoms with van der Waals surface area (Å²) in [5.74, 6) is 1.03. The van der Waals surface area contributed by atoms with E-state index in [9.17, 15) is 9.90 Å². The summed E-state index contributed by atoms with van der Waals surface area (Å²) in [7, 11) is 3.17. The zero-order valence-electron chi connectivity index (χ0n) is 15.0. The number of likely N-dealkylation sites (tertiary alicyclic amines) is 1. The maximum absolute atomic E-state index is 12.8. The van der Waals surface area contributed by atoms with Crippen LogP contribution in [0.3, 0.4) is 0 Å². The molecular weight excluding hydrogens is 308 g/mol. The van der Waals surface area contributed by atoms with Crippen LogP contribution in [-0.2, 0) is 11.3 Å². The van der Waals surface area contributed by atoms with Crippen LogP contribution >= 0.6 is 0 Å². The molecule has 2 N–H and O–H groups in total. The predicted octanol–water partition coefficient (Wildman–Crippen LogP) is 1.56. The summed E-state index contributed by atoms with van der Waals surface area (Å²) in [6, 6.07) is 5.82. The summed E-state index contributed by atoms with van der Waals surface area (Å²) < 4.78 is 10.7. The second-order valence-corrected chi connectivity index (χ2v) is 6.55. The van der Waals surface area contributed by atoms with Gasteiger partial charge in [-0.1, -0.05) is 26.0 Å². The molecule has 1 aliphatic heterocycles. The Labute approximate surface area is 143 Å². The van der Waals surface area contributed by atoms with Crippen LogP contribution in [0.15, 0.2) is 18.2 Å². The number of carbonyl (C=O) groups excluding carboxylic acids is 1. The molecule has 0 bridgehead atoms. The Balaban J connectivity index is 2.16. The minimum absolute atomic E-state index is 0.218. The zero-order chi connectivity index (χ0) is 17.7. The van der Waals surface area contributed by atoms with Gasteiger partial charge in [0.1, 0.15) is 0 Å². The van der Waals surface area contributed by atoms with E-state index in [2.05, 4.69) is 5.32 Å². The summed E-state index contributed by atoms with van der Waals surface area (Å²) in [6.45, 7) is 5.28. The lowest BCUT2D eigenvalue weighted by atomic mass is 9.91. The molecular formula is C18H28N2O4. The lowest BCUT2D eigenvalue weighted by Gasteiger charge is -2.39. The number of rotatable bonds is 7. The van der Waals surface area contributed by atoms with Gasteiger partial charge in [-0.15, -0.1) is 0 Å². The van der Waals surface area contributed by atoms with Crippen molar-refractivity contribution in [3.63, 3.8) is 0 Å². The number of nitrogens with one attached hydrogen (secondary N) is 1. The zero-order valence-corrected chi connectivity index (χ0v) is 15.0. The van der Waals surface area contributed by atoms with E-state index in [0.29, 0.717) is 31.0 Å². The fourth-order valence-electron chi connectivity index (χ4n) is 3.04. The van der Waals surface area contributed by atoms with E-state index >= 15 is 0 Å². The highest BCUT2D eigenvalue weighted by Gasteiger charge is 2.42. The van der Waals surface area contributed by atoms with Crippen molar-refractivity contribution in [1.29, 1.82) is 0 Å². The molecule has 2 rings (SSSR count). The van der Waals surface area contributed by atoms with Gasteiger partial charge in [0, 0.05) is 31.2 Å². The predicted molar refractivity (Wildman–Crippen MR) is 92.3 cm³/mol. The first-order valence-electron chi connectivity index (χ1n) is 8.36. The number of hydrogen-bond donors (Lipinski definition) is 2. The van der Waals surface area contributed by atoms with Crippen molar-refractivity contribution in [2.24, 2.45) is 0 Å². The maximum atomic E-state index is 12.8. The molecule has 1 atom stereocenters. The van der Waals surface area contributed by atoms with Crippen molar-refractivity contribution in [2.75, 3.05) is 27.3 Å². The number of hydrogen-bond acceptors (Lipinski definition) is 5. The molecule has 1 aromatic rings. The molecule has 1 aliphatic rings. The third-order valence-corrected chi connectivity index (χ3v) is 4.35. The van der Waals surface area contributed by atoms with Crippen LogP contribution < -0.4 is 14.8 Å². The molecule has 6 heteroatoms. The maximum Gasteiger partial charge on any atom is 0.256 e. The highest BCUT2D eigenvalue weighted by atomic mass is 16.5. The standard InChI is InChI=1S/C18H28N2O4/c1-13(2)19-12-18(22)9-6-10-20(17(18)21)11-14-7-5-8-15(23-3)16(14)24-4/h5,7-8,13,19,22H,6,9-12H2,1-4H3. The fraction of sp³-hybridized carbons (Fsp3) is 0.611. The van der Waals surface area contributed by atoms with Gasteiger partial charge in [0.2, 0.25) is 0 Å². The van der Waals surface area contributed by atoms with E-state index in [4.69, 9.17) is 9.47 Å². The summed E-state index contributed by atoms with van der Waals surface area (Å²) in [5.41, 5.74) is -0.472.